The van der Waals surface area contributed by atoms with Gasteiger partial charge in [0.05, 0.1) is 0 Å². The Kier molecular flexibility index (Phi) is 5.65. The highest BCUT2D eigenvalue weighted by atomic mass is 16.1. The minimum atomic E-state index is 0.0507. The summed E-state index contributed by atoms with van der Waals surface area (Å²) >= 11 is 0. The molecule has 0 spiro atoms. The number of anilines is 2. The van der Waals surface area contributed by atoms with Gasteiger partial charge < -0.3 is 16.0 Å². The largest absolute Gasteiger partial charge is 0.399 e. The van der Waals surface area contributed by atoms with E-state index in [-0.39, 0.29) is 5.91 Å². The van der Waals surface area contributed by atoms with Crippen LogP contribution in [0.3, 0.4) is 0 Å². The summed E-state index contributed by atoms with van der Waals surface area (Å²) in [6.45, 7) is 8.90. The third-order valence-electron chi connectivity index (χ3n) is 3.07. The van der Waals surface area contributed by atoms with Gasteiger partial charge in [0.25, 0.3) is 0 Å². The Balaban J connectivity index is 2.49. The average molecular weight is 249 g/mol. The molecular weight excluding hydrogens is 226 g/mol. The standard InChI is InChI=1S/C14H23N3O/c1-4-17(5-2)9-8-14(18)16-13-7-6-12(15)10-11(13)3/h6-7,10H,4-5,8-9,15H2,1-3H3,(H,16,18). The van der Waals surface area contributed by atoms with Crippen LogP contribution in [0.5, 0.6) is 0 Å². The zero-order valence-electron chi connectivity index (χ0n) is 11.5. The third kappa shape index (κ3) is 4.37. The molecule has 18 heavy (non-hydrogen) atoms. The van der Waals surface area contributed by atoms with E-state index in [0.717, 1.165) is 30.9 Å². The summed E-state index contributed by atoms with van der Waals surface area (Å²) in [4.78, 5) is 14.0. The molecule has 1 amide bonds. The van der Waals surface area contributed by atoms with Crippen LogP contribution >= 0.6 is 0 Å². The van der Waals surface area contributed by atoms with Crippen molar-refractivity contribution in [3.05, 3.63) is 23.8 Å². The van der Waals surface area contributed by atoms with E-state index in [9.17, 15) is 4.79 Å². The second-order valence-corrected chi connectivity index (χ2v) is 4.40. The van der Waals surface area contributed by atoms with Gasteiger partial charge in [0.2, 0.25) is 5.91 Å². The zero-order chi connectivity index (χ0) is 13.5. The number of rotatable bonds is 6. The lowest BCUT2D eigenvalue weighted by Crippen LogP contribution is -2.27. The first kappa shape index (κ1) is 14.5. The highest BCUT2D eigenvalue weighted by molar-refractivity contribution is 5.91. The number of amides is 1. The van der Waals surface area contributed by atoms with Gasteiger partial charge in [-0.15, -0.1) is 0 Å². The monoisotopic (exact) mass is 249 g/mol. The van der Waals surface area contributed by atoms with Crippen LogP contribution in [0.1, 0.15) is 25.8 Å². The lowest BCUT2D eigenvalue weighted by atomic mass is 10.2. The molecule has 0 aliphatic heterocycles. The third-order valence-corrected chi connectivity index (χ3v) is 3.07. The maximum absolute atomic E-state index is 11.8. The summed E-state index contributed by atoms with van der Waals surface area (Å²) in [6.07, 6.45) is 0.519. The number of hydrogen-bond acceptors (Lipinski definition) is 3. The number of aryl methyl sites for hydroxylation is 1. The second-order valence-electron chi connectivity index (χ2n) is 4.40. The molecule has 0 aliphatic carbocycles. The maximum Gasteiger partial charge on any atom is 0.225 e. The smallest absolute Gasteiger partial charge is 0.225 e. The van der Waals surface area contributed by atoms with Crippen LogP contribution in [0.25, 0.3) is 0 Å². The van der Waals surface area contributed by atoms with Crippen molar-refractivity contribution in [3.63, 3.8) is 0 Å². The van der Waals surface area contributed by atoms with E-state index in [2.05, 4.69) is 24.1 Å². The van der Waals surface area contributed by atoms with E-state index in [4.69, 9.17) is 5.73 Å². The van der Waals surface area contributed by atoms with Gasteiger partial charge in [-0.2, -0.15) is 0 Å². The van der Waals surface area contributed by atoms with Gasteiger partial charge in [-0.3, -0.25) is 4.79 Å². The molecule has 4 heteroatoms. The van der Waals surface area contributed by atoms with Crippen molar-refractivity contribution in [2.45, 2.75) is 27.2 Å². The lowest BCUT2D eigenvalue weighted by molar-refractivity contribution is -0.116. The predicted octanol–water partition coefficient (Wildman–Crippen LogP) is 2.25. The fraction of sp³-hybridized carbons (Fsp3) is 0.500. The summed E-state index contributed by atoms with van der Waals surface area (Å²) in [7, 11) is 0. The molecule has 4 nitrogen and oxygen atoms in total. The van der Waals surface area contributed by atoms with Gasteiger partial charge in [0.1, 0.15) is 0 Å². The second kappa shape index (κ2) is 7.01. The van der Waals surface area contributed by atoms with Crippen LogP contribution in [-0.2, 0) is 4.79 Å². The van der Waals surface area contributed by atoms with E-state index in [1.807, 2.05) is 19.1 Å². The van der Waals surface area contributed by atoms with Gasteiger partial charge in [-0.05, 0) is 43.8 Å². The summed E-state index contributed by atoms with van der Waals surface area (Å²) in [5.74, 6) is 0.0507. The number of nitrogens with two attached hydrogens (primary N) is 1. The maximum atomic E-state index is 11.8. The normalized spacial score (nSPS) is 10.7. The molecule has 0 aliphatic rings. The SMILES string of the molecule is CCN(CC)CCC(=O)Nc1ccc(N)cc1C. The molecule has 0 aromatic heterocycles. The van der Waals surface area contributed by atoms with E-state index in [1.54, 1.807) is 6.07 Å². The van der Waals surface area contributed by atoms with Crippen molar-refractivity contribution in [2.24, 2.45) is 0 Å². The molecule has 1 aromatic rings. The topological polar surface area (TPSA) is 58.4 Å². The van der Waals surface area contributed by atoms with Crippen molar-refractivity contribution in [1.82, 2.24) is 4.90 Å². The highest BCUT2D eigenvalue weighted by Crippen LogP contribution is 2.17. The first-order chi connectivity index (χ1) is 8.56. The predicted molar refractivity (Wildman–Crippen MR) is 76.6 cm³/mol. The van der Waals surface area contributed by atoms with Crippen molar-refractivity contribution in [2.75, 3.05) is 30.7 Å². The van der Waals surface area contributed by atoms with Crippen molar-refractivity contribution < 1.29 is 4.79 Å². The Labute approximate surface area is 109 Å². The number of nitrogens with zero attached hydrogens (tertiary/aromatic N) is 1. The molecular formula is C14H23N3O. The molecule has 0 radical (unpaired) electrons. The summed E-state index contributed by atoms with van der Waals surface area (Å²) in [6, 6.07) is 5.51. The Bertz CT molecular complexity index is 400. The van der Waals surface area contributed by atoms with Crippen LogP contribution in [0.2, 0.25) is 0 Å². The Hall–Kier alpha value is -1.55. The van der Waals surface area contributed by atoms with Gasteiger partial charge in [0.15, 0.2) is 0 Å². The number of carbonyl (C=O) groups excluding carboxylic acids is 1. The van der Waals surface area contributed by atoms with Gasteiger partial charge in [-0.1, -0.05) is 13.8 Å². The Morgan fingerprint density at radius 2 is 2.00 bits per heavy atom. The molecule has 0 bridgehead atoms. The molecule has 0 saturated heterocycles. The molecule has 1 rings (SSSR count). The van der Waals surface area contributed by atoms with Crippen molar-refractivity contribution in [3.8, 4) is 0 Å². The van der Waals surface area contributed by atoms with Crippen LogP contribution in [0.15, 0.2) is 18.2 Å². The first-order valence-corrected chi connectivity index (χ1v) is 6.45. The van der Waals surface area contributed by atoms with E-state index >= 15 is 0 Å². The number of nitrogen functional groups attached to an aromatic ring is 1. The number of hydrogen-bond donors (Lipinski definition) is 2. The number of benzene rings is 1. The van der Waals surface area contributed by atoms with Gasteiger partial charge in [-0.25, -0.2) is 0 Å². The zero-order valence-corrected chi connectivity index (χ0v) is 11.5. The first-order valence-electron chi connectivity index (χ1n) is 6.45. The molecule has 0 heterocycles. The highest BCUT2D eigenvalue weighted by Gasteiger charge is 2.07. The fourth-order valence-electron chi connectivity index (χ4n) is 1.84. The minimum Gasteiger partial charge on any atom is -0.399 e. The minimum absolute atomic E-state index is 0.0507. The van der Waals surface area contributed by atoms with Crippen LogP contribution in [-0.4, -0.2) is 30.4 Å². The van der Waals surface area contributed by atoms with E-state index in [1.165, 1.54) is 0 Å². The number of carbonyl (C=O) groups is 1. The van der Waals surface area contributed by atoms with Crippen LogP contribution in [0, 0.1) is 6.92 Å². The van der Waals surface area contributed by atoms with Gasteiger partial charge >= 0.3 is 0 Å². The summed E-state index contributed by atoms with van der Waals surface area (Å²) in [5.41, 5.74) is 8.22. The Morgan fingerprint density at radius 1 is 1.33 bits per heavy atom. The number of nitrogens with one attached hydrogen (secondary N) is 1. The summed E-state index contributed by atoms with van der Waals surface area (Å²) < 4.78 is 0. The Morgan fingerprint density at radius 3 is 2.56 bits per heavy atom. The molecule has 3 N–H and O–H groups in total. The fourth-order valence-corrected chi connectivity index (χ4v) is 1.84. The molecule has 0 atom stereocenters. The molecule has 1 aromatic carbocycles. The average Bonchev–Trinajstić information content (AvgIpc) is 2.34. The molecule has 0 saturated carbocycles. The molecule has 0 unspecified atom stereocenters. The quantitative estimate of drug-likeness (QED) is 0.760. The molecule has 100 valence electrons. The summed E-state index contributed by atoms with van der Waals surface area (Å²) in [5, 5.41) is 2.92. The van der Waals surface area contributed by atoms with Gasteiger partial charge in [0, 0.05) is 24.3 Å². The van der Waals surface area contributed by atoms with Crippen LogP contribution < -0.4 is 11.1 Å². The van der Waals surface area contributed by atoms with Crippen molar-refractivity contribution in [1.29, 1.82) is 0 Å². The van der Waals surface area contributed by atoms with E-state index < -0.39 is 0 Å². The lowest BCUT2D eigenvalue weighted by Gasteiger charge is -2.17. The van der Waals surface area contributed by atoms with Crippen molar-refractivity contribution >= 4 is 17.3 Å². The van der Waals surface area contributed by atoms with Crippen LogP contribution in [0.4, 0.5) is 11.4 Å². The van der Waals surface area contributed by atoms with E-state index in [0.29, 0.717) is 12.1 Å². The molecule has 0 fully saturated rings.